The average molecular weight is 548 g/mol. The molecule has 1 heterocycles. The van der Waals surface area contributed by atoms with Crippen LogP contribution < -0.4 is 20.3 Å². The molecule has 0 unspecified atom stereocenters. The Labute approximate surface area is 230 Å². The number of nitrogens with one attached hydrogen (secondary N) is 2. The summed E-state index contributed by atoms with van der Waals surface area (Å²) in [5.74, 6) is -1.58. The van der Waals surface area contributed by atoms with Gasteiger partial charge in [0.15, 0.2) is 0 Å². The van der Waals surface area contributed by atoms with Crippen molar-refractivity contribution in [3.8, 4) is 5.75 Å². The number of aryl methyl sites for hydroxylation is 1. The second kappa shape index (κ2) is 11.4. The van der Waals surface area contributed by atoms with Gasteiger partial charge in [0.2, 0.25) is 0 Å². The molecule has 2 N–H and O–H groups in total. The number of amides is 3. The minimum Gasteiger partial charge on any atom is -0.497 e. The highest BCUT2D eigenvalue weighted by Gasteiger charge is 2.39. The molecule has 0 fully saturated rings. The third kappa shape index (κ3) is 5.94. The highest BCUT2D eigenvalue weighted by Crippen LogP contribution is 2.32. The standard InChI is InChI=1S/C29H26ClN3O6/c1-16(2)39-29(37)18-7-9-20(10-8-18)31-26(34)19-6-5-17(3)23(15-19)32-25-24(30)27(35)33(28(25)36)21-11-13-22(38-4)14-12-21/h5-16,32H,1-4H3,(H,31,34). The smallest absolute Gasteiger partial charge is 0.338 e. The van der Waals surface area contributed by atoms with E-state index in [2.05, 4.69) is 10.6 Å². The largest absolute Gasteiger partial charge is 0.497 e. The summed E-state index contributed by atoms with van der Waals surface area (Å²) in [4.78, 5) is 51.9. The number of hydrogen-bond donors (Lipinski definition) is 2. The van der Waals surface area contributed by atoms with Crippen molar-refractivity contribution in [2.45, 2.75) is 26.9 Å². The molecule has 3 amide bonds. The summed E-state index contributed by atoms with van der Waals surface area (Å²) in [5, 5.41) is 5.44. The molecule has 3 aromatic rings. The lowest BCUT2D eigenvalue weighted by Crippen LogP contribution is -2.32. The van der Waals surface area contributed by atoms with E-state index in [1.54, 1.807) is 87.5 Å². The van der Waals surface area contributed by atoms with Gasteiger partial charge in [0.1, 0.15) is 16.5 Å². The summed E-state index contributed by atoms with van der Waals surface area (Å²) in [6.07, 6.45) is -0.241. The first kappa shape index (κ1) is 27.4. The predicted octanol–water partition coefficient (Wildman–Crippen LogP) is 5.26. The van der Waals surface area contributed by atoms with Crippen LogP contribution in [0.2, 0.25) is 0 Å². The van der Waals surface area contributed by atoms with Crippen LogP contribution in [-0.4, -0.2) is 36.9 Å². The molecule has 0 bridgehead atoms. The van der Waals surface area contributed by atoms with Crippen molar-refractivity contribution in [2.24, 2.45) is 0 Å². The van der Waals surface area contributed by atoms with Crippen molar-refractivity contribution in [1.29, 1.82) is 0 Å². The molecule has 0 spiro atoms. The van der Waals surface area contributed by atoms with Crippen LogP contribution in [0.1, 0.15) is 40.1 Å². The number of ether oxygens (including phenoxy) is 2. The Balaban J connectivity index is 1.50. The number of rotatable bonds is 8. The Hall–Kier alpha value is -4.63. The molecule has 200 valence electrons. The van der Waals surface area contributed by atoms with Gasteiger partial charge in [0, 0.05) is 16.9 Å². The van der Waals surface area contributed by atoms with Gasteiger partial charge in [0.25, 0.3) is 17.7 Å². The van der Waals surface area contributed by atoms with Gasteiger partial charge in [0.05, 0.1) is 24.5 Å². The van der Waals surface area contributed by atoms with Gasteiger partial charge in [-0.2, -0.15) is 0 Å². The van der Waals surface area contributed by atoms with E-state index < -0.39 is 23.7 Å². The Bertz CT molecular complexity index is 1480. The Kier molecular flexibility index (Phi) is 8.01. The first-order valence-electron chi connectivity index (χ1n) is 12.0. The molecular weight excluding hydrogens is 522 g/mol. The van der Waals surface area contributed by atoms with E-state index >= 15 is 0 Å². The molecule has 39 heavy (non-hydrogen) atoms. The lowest BCUT2D eigenvalue weighted by atomic mass is 10.1. The number of halogens is 1. The Morgan fingerprint density at radius 3 is 2.15 bits per heavy atom. The number of esters is 1. The molecule has 1 aliphatic heterocycles. The molecule has 4 rings (SSSR count). The molecule has 0 saturated heterocycles. The third-order valence-electron chi connectivity index (χ3n) is 5.84. The molecule has 0 radical (unpaired) electrons. The van der Waals surface area contributed by atoms with Crippen molar-refractivity contribution in [1.82, 2.24) is 0 Å². The molecule has 10 heteroatoms. The maximum atomic E-state index is 13.1. The second-order valence-electron chi connectivity index (χ2n) is 8.97. The molecule has 3 aromatic carbocycles. The van der Waals surface area contributed by atoms with Crippen LogP contribution in [0.25, 0.3) is 0 Å². The average Bonchev–Trinajstić information content (AvgIpc) is 3.12. The molecular formula is C29H26ClN3O6. The number of carbonyl (C=O) groups excluding carboxylic acids is 4. The topological polar surface area (TPSA) is 114 Å². The van der Waals surface area contributed by atoms with E-state index in [4.69, 9.17) is 21.1 Å². The number of carbonyl (C=O) groups is 4. The Morgan fingerprint density at radius 2 is 1.54 bits per heavy atom. The highest BCUT2D eigenvalue weighted by atomic mass is 35.5. The predicted molar refractivity (Wildman–Crippen MR) is 148 cm³/mol. The zero-order valence-electron chi connectivity index (χ0n) is 21.7. The number of methoxy groups -OCH3 is 1. The van der Waals surface area contributed by atoms with Crippen molar-refractivity contribution < 1.29 is 28.7 Å². The van der Waals surface area contributed by atoms with E-state index in [0.717, 1.165) is 10.5 Å². The summed E-state index contributed by atoms with van der Waals surface area (Å²) in [6, 6.07) is 17.7. The fourth-order valence-electron chi connectivity index (χ4n) is 3.78. The fourth-order valence-corrected chi connectivity index (χ4v) is 4.00. The van der Waals surface area contributed by atoms with Crippen molar-refractivity contribution in [3.63, 3.8) is 0 Å². The van der Waals surface area contributed by atoms with Gasteiger partial charge in [-0.05, 0) is 87.0 Å². The molecule has 0 atom stereocenters. The van der Waals surface area contributed by atoms with Crippen molar-refractivity contribution >= 4 is 52.4 Å². The highest BCUT2D eigenvalue weighted by molar-refractivity contribution is 6.53. The van der Waals surface area contributed by atoms with Crippen LogP contribution in [-0.2, 0) is 14.3 Å². The van der Waals surface area contributed by atoms with Crippen LogP contribution in [0, 0.1) is 6.92 Å². The lowest BCUT2D eigenvalue weighted by molar-refractivity contribution is -0.120. The Morgan fingerprint density at radius 1 is 0.897 bits per heavy atom. The minimum absolute atomic E-state index is 0.0954. The summed E-state index contributed by atoms with van der Waals surface area (Å²) < 4.78 is 10.3. The first-order valence-corrected chi connectivity index (χ1v) is 12.4. The van der Waals surface area contributed by atoms with Crippen LogP contribution in [0.15, 0.2) is 77.5 Å². The first-order chi connectivity index (χ1) is 18.6. The number of imide groups is 1. The minimum atomic E-state index is -0.665. The second-order valence-corrected chi connectivity index (χ2v) is 9.35. The van der Waals surface area contributed by atoms with Gasteiger partial charge in [-0.15, -0.1) is 0 Å². The molecule has 0 saturated carbocycles. The van der Waals surface area contributed by atoms with E-state index in [0.29, 0.717) is 33.9 Å². The fraction of sp³-hybridized carbons (Fsp3) is 0.172. The van der Waals surface area contributed by atoms with Crippen molar-refractivity contribution in [3.05, 3.63) is 94.1 Å². The summed E-state index contributed by atoms with van der Waals surface area (Å²) >= 11 is 6.27. The van der Waals surface area contributed by atoms with E-state index in [-0.39, 0.29) is 16.8 Å². The summed E-state index contributed by atoms with van der Waals surface area (Å²) in [7, 11) is 1.51. The van der Waals surface area contributed by atoms with E-state index in [9.17, 15) is 19.2 Å². The molecule has 0 aromatic heterocycles. The maximum Gasteiger partial charge on any atom is 0.338 e. The zero-order valence-corrected chi connectivity index (χ0v) is 22.5. The van der Waals surface area contributed by atoms with Gasteiger partial charge in [-0.3, -0.25) is 14.4 Å². The van der Waals surface area contributed by atoms with Gasteiger partial charge in [-0.1, -0.05) is 17.7 Å². The molecule has 1 aliphatic rings. The number of benzene rings is 3. The van der Waals surface area contributed by atoms with Crippen molar-refractivity contribution in [2.75, 3.05) is 22.6 Å². The monoisotopic (exact) mass is 547 g/mol. The zero-order chi connectivity index (χ0) is 28.3. The number of hydrogen-bond acceptors (Lipinski definition) is 7. The van der Waals surface area contributed by atoms with Gasteiger partial charge >= 0.3 is 5.97 Å². The summed E-state index contributed by atoms with van der Waals surface area (Å²) in [5.41, 5.74) is 2.55. The number of anilines is 3. The molecule has 0 aliphatic carbocycles. The van der Waals surface area contributed by atoms with Crippen LogP contribution in [0.3, 0.4) is 0 Å². The summed E-state index contributed by atoms with van der Waals surface area (Å²) in [6.45, 7) is 5.31. The SMILES string of the molecule is COc1ccc(N2C(=O)C(Cl)=C(Nc3cc(C(=O)Nc4ccc(C(=O)OC(C)C)cc4)ccc3C)C2=O)cc1. The quantitative estimate of drug-likeness (QED) is 0.292. The lowest BCUT2D eigenvalue weighted by Gasteiger charge is -2.16. The van der Waals surface area contributed by atoms with Crippen LogP contribution in [0.5, 0.6) is 5.75 Å². The van der Waals surface area contributed by atoms with Crippen LogP contribution in [0.4, 0.5) is 17.1 Å². The van der Waals surface area contributed by atoms with Gasteiger partial charge < -0.3 is 20.1 Å². The van der Waals surface area contributed by atoms with E-state index in [1.165, 1.54) is 7.11 Å². The molecule has 9 nitrogen and oxygen atoms in total. The van der Waals surface area contributed by atoms with Gasteiger partial charge in [-0.25, -0.2) is 9.69 Å². The number of nitrogens with zero attached hydrogens (tertiary/aromatic N) is 1. The normalized spacial score (nSPS) is 13.1. The van der Waals surface area contributed by atoms with E-state index in [1.807, 2.05) is 0 Å². The third-order valence-corrected chi connectivity index (χ3v) is 6.19. The maximum absolute atomic E-state index is 13.1. The van der Waals surface area contributed by atoms with Crippen LogP contribution >= 0.6 is 11.6 Å².